The molecule has 1 heterocycles. The van der Waals surface area contributed by atoms with Gasteiger partial charge in [0.25, 0.3) is 0 Å². The molecule has 2 aromatic rings. The summed E-state index contributed by atoms with van der Waals surface area (Å²) in [6, 6.07) is 13.8. The van der Waals surface area contributed by atoms with Gasteiger partial charge in [0.15, 0.2) is 0 Å². The van der Waals surface area contributed by atoms with Crippen LogP contribution in [0, 0.1) is 4.78 Å². The van der Waals surface area contributed by atoms with Gasteiger partial charge in [0.1, 0.15) is 0 Å². The number of nitrogens with one attached hydrogen (secondary N) is 1. The van der Waals surface area contributed by atoms with Crippen LogP contribution < -0.4 is 0 Å². The molecule has 1 aliphatic heterocycles. The van der Waals surface area contributed by atoms with Crippen molar-refractivity contribution in [1.29, 1.82) is 4.78 Å². The van der Waals surface area contributed by atoms with Crippen molar-refractivity contribution in [2.24, 2.45) is 0 Å². The molecule has 1 atom stereocenters. The maximum absolute atomic E-state index is 8.39. The lowest BCUT2D eigenvalue weighted by atomic mass is 10.1. The van der Waals surface area contributed by atoms with Gasteiger partial charge in [-0.1, -0.05) is 42.0 Å². The van der Waals surface area contributed by atoms with Crippen LogP contribution in [0.4, 0.5) is 0 Å². The van der Waals surface area contributed by atoms with Gasteiger partial charge in [0.2, 0.25) is 0 Å². The Bertz CT molecular complexity index is 650. The lowest BCUT2D eigenvalue weighted by Gasteiger charge is -2.09. The maximum Gasteiger partial charge on any atom is 0.0412 e. The first-order chi connectivity index (χ1) is 8.25. The summed E-state index contributed by atoms with van der Waals surface area (Å²) < 4.78 is 8.39. The topological polar surface area (TPSA) is 23.9 Å². The molecule has 18 heavy (non-hydrogen) atoms. The van der Waals surface area contributed by atoms with Gasteiger partial charge in [0.05, 0.1) is 0 Å². The van der Waals surface area contributed by atoms with Gasteiger partial charge in [-0.2, -0.15) is 0 Å². The van der Waals surface area contributed by atoms with Gasteiger partial charge < -0.3 is 0 Å². The molecule has 1 aliphatic rings. The molecule has 1 unspecified atom stereocenters. The minimum atomic E-state index is -0.637. The van der Waals surface area contributed by atoms with E-state index in [0.717, 1.165) is 25.9 Å². The molecular weight excluding hydrogens is 285 g/mol. The summed E-state index contributed by atoms with van der Waals surface area (Å²) in [6.07, 6.45) is 4.10. The monoisotopic (exact) mass is 295 g/mol. The number of fused-ring (bicyclic) bond motifs is 2. The highest BCUT2D eigenvalue weighted by Crippen LogP contribution is 2.30. The second-order valence-corrected chi connectivity index (χ2v) is 5.79. The van der Waals surface area contributed by atoms with Gasteiger partial charge in [-0.25, -0.2) is 0 Å². The van der Waals surface area contributed by atoms with E-state index in [2.05, 4.69) is 6.08 Å². The molecule has 3 rings (SSSR count). The normalized spacial score (nSPS) is 16.2. The highest BCUT2D eigenvalue weighted by molar-refractivity contribution is 7.86. The number of rotatable bonds is 0. The average Bonchev–Trinajstić information content (AvgIpc) is 2.48. The fraction of sp³-hybridized carbons (Fsp3) is 0. The smallest absolute Gasteiger partial charge is 0.0412 e. The Balaban J connectivity index is 0.00000120. The molecular formula is C14H11Cl2NS. The molecule has 0 saturated carbocycles. The molecule has 0 aliphatic carbocycles. The largest absolute Gasteiger partial charge is 0.271 e. The third-order valence-corrected chi connectivity index (χ3v) is 4.63. The zero-order chi connectivity index (χ0) is 11.8. The van der Waals surface area contributed by atoms with Crippen molar-refractivity contribution < 1.29 is 0 Å². The Morgan fingerprint density at radius 3 is 2.39 bits per heavy atom. The lowest BCUT2D eigenvalue weighted by molar-refractivity contribution is 1.34. The Kier molecular flexibility index (Phi) is 3.91. The van der Waals surface area contributed by atoms with Crippen LogP contribution in [0.15, 0.2) is 52.3 Å². The van der Waals surface area contributed by atoms with Crippen LogP contribution in [0.1, 0.15) is 11.1 Å². The van der Waals surface area contributed by atoms with Crippen molar-refractivity contribution in [2.45, 2.75) is 9.79 Å². The Morgan fingerprint density at radius 1 is 0.889 bits per heavy atom. The first kappa shape index (κ1) is 13.3. The SMILES string of the molecule is Cl.N=S1c2ccccc2C=Cc2cc(Cl)ccc21. The van der Waals surface area contributed by atoms with Crippen LogP contribution in [-0.2, 0) is 10.7 Å². The quantitative estimate of drug-likeness (QED) is 0.600. The van der Waals surface area contributed by atoms with E-state index in [1.807, 2.05) is 48.5 Å². The summed E-state index contributed by atoms with van der Waals surface area (Å²) in [7, 11) is -0.637. The average molecular weight is 296 g/mol. The molecule has 92 valence electrons. The fourth-order valence-corrected chi connectivity index (χ4v) is 3.51. The summed E-state index contributed by atoms with van der Waals surface area (Å²) in [5.41, 5.74) is 2.17. The molecule has 0 bridgehead atoms. The van der Waals surface area contributed by atoms with Gasteiger partial charge in [-0.3, -0.25) is 4.78 Å². The van der Waals surface area contributed by atoms with Crippen LogP contribution in [0.5, 0.6) is 0 Å². The van der Waals surface area contributed by atoms with E-state index in [1.54, 1.807) is 0 Å². The van der Waals surface area contributed by atoms with Gasteiger partial charge >= 0.3 is 0 Å². The fourth-order valence-electron chi connectivity index (χ4n) is 1.94. The van der Waals surface area contributed by atoms with Crippen LogP contribution >= 0.6 is 24.0 Å². The van der Waals surface area contributed by atoms with Crippen molar-refractivity contribution in [1.82, 2.24) is 0 Å². The number of halogens is 2. The minimum Gasteiger partial charge on any atom is -0.271 e. The number of benzene rings is 2. The Labute approximate surface area is 120 Å². The van der Waals surface area contributed by atoms with E-state index >= 15 is 0 Å². The molecule has 4 heteroatoms. The van der Waals surface area contributed by atoms with E-state index in [4.69, 9.17) is 16.4 Å². The highest BCUT2D eigenvalue weighted by atomic mass is 35.5. The first-order valence-electron chi connectivity index (χ1n) is 5.28. The van der Waals surface area contributed by atoms with Crippen LogP contribution in [-0.4, -0.2) is 0 Å². The summed E-state index contributed by atoms with van der Waals surface area (Å²) in [6.45, 7) is 0. The minimum absolute atomic E-state index is 0. The zero-order valence-electron chi connectivity index (χ0n) is 9.39. The van der Waals surface area contributed by atoms with E-state index < -0.39 is 10.7 Å². The molecule has 0 amide bonds. The van der Waals surface area contributed by atoms with Crippen molar-refractivity contribution in [2.75, 3.05) is 0 Å². The van der Waals surface area contributed by atoms with Gasteiger partial charge in [0, 0.05) is 14.8 Å². The zero-order valence-corrected chi connectivity index (χ0v) is 11.8. The number of hydrogen-bond acceptors (Lipinski definition) is 1. The molecule has 1 N–H and O–H groups in total. The first-order valence-corrected chi connectivity index (χ1v) is 6.88. The maximum atomic E-state index is 8.39. The predicted octanol–water partition coefficient (Wildman–Crippen LogP) is 5.04. The second kappa shape index (κ2) is 5.27. The van der Waals surface area contributed by atoms with Crippen molar-refractivity contribution in [3.63, 3.8) is 0 Å². The standard InChI is InChI=1S/C14H10ClNS.ClH/c15-12-7-8-14-11(9-12)6-5-10-3-1-2-4-13(10)17(14)16;/h1-9,16H;1H. The summed E-state index contributed by atoms with van der Waals surface area (Å²) >= 11 is 6.00. The van der Waals surface area contributed by atoms with Crippen LogP contribution in [0.25, 0.3) is 12.2 Å². The highest BCUT2D eigenvalue weighted by Gasteiger charge is 2.13. The van der Waals surface area contributed by atoms with Crippen LogP contribution in [0.3, 0.4) is 0 Å². The van der Waals surface area contributed by atoms with E-state index in [9.17, 15) is 0 Å². The third kappa shape index (κ3) is 2.24. The van der Waals surface area contributed by atoms with Crippen molar-refractivity contribution in [3.05, 3.63) is 58.6 Å². The van der Waals surface area contributed by atoms with E-state index in [1.165, 1.54) is 0 Å². The summed E-state index contributed by atoms with van der Waals surface area (Å²) in [4.78, 5) is 2.11. The Hall–Kier alpha value is -1.09. The molecule has 0 aromatic heterocycles. The van der Waals surface area contributed by atoms with E-state index in [-0.39, 0.29) is 12.4 Å². The summed E-state index contributed by atoms with van der Waals surface area (Å²) in [5.74, 6) is 0. The number of hydrogen-bond donors (Lipinski definition) is 1. The molecule has 0 spiro atoms. The molecule has 0 saturated heterocycles. The Morgan fingerprint density at radius 2 is 1.56 bits per heavy atom. The lowest BCUT2D eigenvalue weighted by Crippen LogP contribution is -1.94. The van der Waals surface area contributed by atoms with Crippen LogP contribution in [0.2, 0.25) is 5.02 Å². The van der Waals surface area contributed by atoms with Crippen molar-refractivity contribution in [3.8, 4) is 0 Å². The molecule has 0 fully saturated rings. The second-order valence-electron chi connectivity index (χ2n) is 3.86. The van der Waals surface area contributed by atoms with Gasteiger partial charge in [-0.15, -0.1) is 12.4 Å². The summed E-state index contributed by atoms with van der Waals surface area (Å²) in [5, 5.41) is 0.719. The third-order valence-electron chi connectivity index (χ3n) is 2.77. The molecule has 1 nitrogen and oxygen atoms in total. The molecule has 2 aromatic carbocycles. The van der Waals surface area contributed by atoms with Crippen molar-refractivity contribution >= 4 is 46.9 Å². The predicted molar refractivity (Wildman–Crippen MR) is 80.7 cm³/mol. The molecule has 0 radical (unpaired) electrons. The van der Waals surface area contributed by atoms with Gasteiger partial charge in [-0.05, 0) is 46.1 Å². The van der Waals surface area contributed by atoms with E-state index in [0.29, 0.717) is 0 Å².